The van der Waals surface area contributed by atoms with Crippen molar-refractivity contribution in [2.45, 2.75) is 32.6 Å². The lowest BCUT2D eigenvalue weighted by Gasteiger charge is -1.97. The molecule has 0 nitrogen and oxygen atoms in total. The predicted octanol–water partition coefficient (Wildman–Crippen LogP) is 4.56. The number of rotatable bonds is 5. The Hall–Kier alpha value is -1.18. The Morgan fingerprint density at radius 3 is 2.73 bits per heavy atom. The van der Waals surface area contributed by atoms with Crippen molar-refractivity contribution in [3.63, 3.8) is 0 Å². The molecular weight excluding hydrogens is 194 g/mol. The molecule has 0 aliphatic rings. The molecule has 1 rings (SSSR count). The average molecular weight is 210 g/mol. The maximum Gasteiger partial charge on any atom is 0.166 e. The number of benzene rings is 1. The van der Waals surface area contributed by atoms with Gasteiger partial charge in [0.15, 0.2) is 11.6 Å². The molecule has 0 radical (unpaired) electrons. The Balaban J connectivity index is 2.53. The smallest absolute Gasteiger partial charge is 0.166 e. The Labute approximate surface area is 89.6 Å². The largest absolute Gasteiger partial charge is 0.204 e. The molecule has 1 aromatic carbocycles. The summed E-state index contributed by atoms with van der Waals surface area (Å²) in [7, 11) is 0. The summed E-state index contributed by atoms with van der Waals surface area (Å²) in [6.45, 7) is 2.13. The van der Waals surface area contributed by atoms with Crippen LogP contribution in [0.25, 0.3) is 6.08 Å². The third-order valence-electron chi connectivity index (χ3n) is 2.25. The maximum atomic E-state index is 13.2. The van der Waals surface area contributed by atoms with E-state index in [0.29, 0.717) is 5.56 Å². The molecule has 0 aliphatic heterocycles. The summed E-state index contributed by atoms with van der Waals surface area (Å²) < 4.78 is 26.0. The second-order valence-corrected chi connectivity index (χ2v) is 3.54. The van der Waals surface area contributed by atoms with Crippen molar-refractivity contribution in [2.75, 3.05) is 0 Å². The predicted molar refractivity (Wildman–Crippen MR) is 59.5 cm³/mol. The van der Waals surface area contributed by atoms with Crippen molar-refractivity contribution in [1.82, 2.24) is 0 Å². The highest BCUT2D eigenvalue weighted by molar-refractivity contribution is 5.49. The minimum Gasteiger partial charge on any atom is -0.204 e. The van der Waals surface area contributed by atoms with Crippen molar-refractivity contribution < 1.29 is 8.78 Å². The topological polar surface area (TPSA) is 0 Å². The lowest BCUT2D eigenvalue weighted by atomic mass is 10.1. The summed E-state index contributed by atoms with van der Waals surface area (Å²) in [6.07, 6.45) is 7.91. The van der Waals surface area contributed by atoms with Gasteiger partial charge in [-0.15, -0.1) is 0 Å². The molecule has 0 saturated heterocycles. The van der Waals surface area contributed by atoms with Gasteiger partial charge < -0.3 is 0 Å². The second kappa shape index (κ2) is 6.33. The molecule has 1 aromatic rings. The van der Waals surface area contributed by atoms with Crippen molar-refractivity contribution >= 4 is 6.08 Å². The molecule has 82 valence electrons. The zero-order valence-corrected chi connectivity index (χ0v) is 8.97. The van der Waals surface area contributed by atoms with Gasteiger partial charge >= 0.3 is 0 Å². The summed E-state index contributed by atoms with van der Waals surface area (Å²) in [5.41, 5.74) is 0.325. The Morgan fingerprint density at radius 1 is 1.20 bits per heavy atom. The van der Waals surface area contributed by atoms with Crippen LogP contribution in [-0.4, -0.2) is 0 Å². The SMILES string of the molecule is CCCCCC=Cc1cccc(F)c1F. The number of allylic oxidation sites excluding steroid dienone is 1. The molecule has 0 amide bonds. The third-order valence-corrected chi connectivity index (χ3v) is 2.25. The van der Waals surface area contributed by atoms with Crippen LogP contribution in [0.1, 0.15) is 38.2 Å². The monoisotopic (exact) mass is 210 g/mol. The van der Waals surface area contributed by atoms with E-state index in [2.05, 4.69) is 6.92 Å². The van der Waals surface area contributed by atoms with Gasteiger partial charge in [0.25, 0.3) is 0 Å². The first-order chi connectivity index (χ1) is 7.25. The van der Waals surface area contributed by atoms with Crippen LogP contribution < -0.4 is 0 Å². The van der Waals surface area contributed by atoms with Crippen LogP contribution in [0.3, 0.4) is 0 Å². The summed E-state index contributed by atoms with van der Waals surface area (Å²) in [4.78, 5) is 0. The van der Waals surface area contributed by atoms with E-state index in [4.69, 9.17) is 0 Å². The van der Waals surface area contributed by atoms with E-state index in [1.54, 1.807) is 12.1 Å². The van der Waals surface area contributed by atoms with Gasteiger partial charge in [0.2, 0.25) is 0 Å². The Kier molecular flexibility index (Phi) is 5.02. The summed E-state index contributed by atoms with van der Waals surface area (Å²) in [5, 5.41) is 0. The number of halogens is 2. The Bertz CT molecular complexity index is 329. The summed E-state index contributed by atoms with van der Waals surface area (Å²) in [5.74, 6) is -1.55. The van der Waals surface area contributed by atoms with Gasteiger partial charge in [0, 0.05) is 5.56 Å². The first-order valence-corrected chi connectivity index (χ1v) is 5.36. The Morgan fingerprint density at radius 2 is 2.00 bits per heavy atom. The highest BCUT2D eigenvalue weighted by Gasteiger charge is 2.03. The molecule has 0 unspecified atom stereocenters. The van der Waals surface area contributed by atoms with Crippen LogP contribution in [0.5, 0.6) is 0 Å². The molecule has 0 aliphatic carbocycles. The van der Waals surface area contributed by atoms with Gasteiger partial charge in [-0.25, -0.2) is 8.78 Å². The van der Waals surface area contributed by atoms with Crippen LogP contribution in [0.2, 0.25) is 0 Å². The molecule has 0 N–H and O–H groups in total. The van der Waals surface area contributed by atoms with Gasteiger partial charge in [-0.1, -0.05) is 44.1 Å². The minimum absolute atomic E-state index is 0.325. The fourth-order valence-electron chi connectivity index (χ4n) is 1.37. The molecule has 0 bridgehead atoms. The lowest BCUT2D eigenvalue weighted by Crippen LogP contribution is -1.86. The standard InChI is InChI=1S/C13H16F2/c1-2-3-4-5-6-8-11-9-7-10-12(14)13(11)15/h6-10H,2-5H2,1H3. The van der Waals surface area contributed by atoms with Gasteiger partial charge in [-0.3, -0.25) is 0 Å². The average Bonchev–Trinajstić information content (AvgIpc) is 2.24. The van der Waals surface area contributed by atoms with Crippen LogP contribution in [0, 0.1) is 11.6 Å². The zero-order valence-electron chi connectivity index (χ0n) is 8.97. The van der Waals surface area contributed by atoms with E-state index < -0.39 is 11.6 Å². The maximum absolute atomic E-state index is 13.2. The normalized spacial score (nSPS) is 11.1. The highest BCUT2D eigenvalue weighted by Crippen LogP contribution is 2.13. The molecule has 15 heavy (non-hydrogen) atoms. The third kappa shape index (κ3) is 3.82. The van der Waals surface area contributed by atoms with E-state index in [1.807, 2.05) is 6.08 Å². The number of hydrogen-bond donors (Lipinski definition) is 0. The molecule has 0 aromatic heterocycles. The van der Waals surface area contributed by atoms with Crippen molar-refractivity contribution in [1.29, 1.82) is 0 Å². The van der Waals surface area contributed by atoms with Crippen LogP contribution in [0.4, 0.5) is 8.78 Å². The molecule has 0 atom stereocenters. The van der Waals surface area contributed by atoms with E-state index >= 15 is 0 Å². The molecule has 0 heterocycles. The molecular formula is C13H16F2. The van der Waals surface area contributed by atoms with Crippen molar-refractivity contribution in [3.05, 3.63) is 41.5 Å². The van der Waals surface area contributed by atoms with Gasteiger partial charge in [-0.2, -0.15) is 0 Å². The van der Waals surface area contributed by atoms with Crippen LogP contribution >= 0.6 is 0 Å². The van der Waals surface area contributed by atoms with Crippen molar-refractivity contribution in [2.24, 2.45) is 0 Å². The van der Waals surface area contributed by atoms with E-state index in [1.165, 1.54) is 18.9 Å². The minimum atomic E-state index is -0.786. The fraction of sp³-hybridized carbons (Fsp3) is 0.385. The van der Waals surface area contributed by atoms with E-state index in [-0.39, 0.29) is 0 Å². The highest BCUT2D eigenvalue weighted by atomic mass is 19.2. The summed E-state index contributed by atoms with van der Waals surface area (Å²) in [6, 6.07) is 4.22. The van der Waals surface area contributed by atoms with Gasteiger partial charge in [-0.05, 0) is 18.9 Å². The first kappa shape index (κ1) is 11.9. The van der Waals surface area contributed by atoms with Crippen molar-refractivity contribution in [3.8, 4) is 0 Å². The van der Waals surface area contributed by atoms with E-state index in [9.17, 15) is 8.78 Å². The fourth-order valence-corrected chi connectivity index (χ4v) is 1.37. The molecule has 0 fully saturated rings. The first-order valence-electron chi connectivity index (χ1n) is 5.36. The molecule has 2 heteroatoms. The number of unbranched alkanes of at least 4 members (excludes halogenated alkanes) is 3. The second-order valence-electron chi connectivity index (χ2n) is 3.54. The molecule has 0 saturated carbocycles. The number of hydrogen-bond acceptors (Lipinski definition) is 0. The zero-order chi connectivity index (χ0) is 11.1. The van der Waals surface area contributed by atoms with Gasteiger partial charge in [0.1, 0.15) is 0 Å². The summed E-state index contributed by atoms with van der Waals surface area (Å²) >= 11 is 0. The quantitative estimate of drug-likeness (QED) is 0.625. The molecule has 0 spiro atoms. The lowest BCUT2D eigenvalue weighted by molar-refractivity contribution is 0.507. The van der Waals surface area contributed by atoms with Gasteiger partial charge in [0.05, 0.1) is 0 Å². The van der Waals surface area contributed by atoms with E-state index in [0.717, 1.165) is 18.9 Å². The van der Waals surface area contributed by atoms with Crippen LogP contribution in [0.15, 0.2) is 24.3 Å². The van der Waals surface area contributed by atoms with Crippen LogP contribution in [-0.2, 0) is 0 Å².